The third kappa shape index (κ3) is 4.51. The number of nitriles is 3. The highest BCUT2D eigenvalue weighted by Gasteiger charge is 2.39. The van der Waals surface area contributed by atoms with Gasteiger partial charge in [0.1, 0.15) is 6.07 Å². The van der Waals surface area contributed by atoms with Crippen LogP contribution in [0.5, 0.6) is 0 Å². The molecule has 5 aromatic rings. The van der Waals surface area contributed by atoms with Gasteiger partial charge >= 0.3 is 0 Å². The second kappa shape index (κ2) is 11.8. The maximum absolute atomic E-state index is 10.6. The van der Waals surface area contributed by atoms with Crippen LogP contribution in [0.1, 0.15) is 63.8 Å². The Morgan fingerprint density at radius 3 is 2.48 bits per heavy atom. The van der Waals surface area contributed by atoms with Gasteiger partial charge < -0.3 is 9.47 Å². The number of anilines is 2. The van der Waals surface area contributed by atoms with Crippen molar-refractivity contribution in [1.82, 2.24) is 4.57 Å². The summed E-state index contributed by atoms with van der Waals surface area (Å²) in [4.78, 5) is 2.40. The minimum atomic E-state index is -0.00327. The molecular weight excluding hydrogens is 611 g/mol. The zero-order valence-corrected chi connectivity index (χ0v) is 27.3. The van der Waals surface area contributed by atoms with Crippen molar-refractivity contribution in [2.24, 2.45) is 0 Å². The van der Waals surface area contributed by atoms with Crippen molar-refractivity contribution in [3.8, 4) is 23.9 Å². The lowest BCUT2D eigenvalue weighted by atomic mass is 9.80. The monoisotopic (exact) mass is 641 g/mol. The Kier molecular flexibility index (Phi) is 6.98. The van der Waals surface area contributed by atoms with Crippen LogP contribution in [0.2, 0.25) is 0 Å². The molecule has 0 bridgehead atoms. The van der Waals surface area contributed by atoms with Crippen LogP contribution in [0.15, 0.2) is 133 Å². The number of fused-ring (bicyclic) bond motifs is 6. The van der Waals surface area contributed by atoms with Gasteiger partial charge in [0.15, 0.2) is 0 Å². The highest BCUT2D eigenvalue weighted by Crippen LogP contribution is 2.51. The largest absolute Gasteiger partial charge is 0.333 e. The molecule has 50 heavy (non-hydrogen) atoms. The average Bonchev–Trinajstić information content (AvgIpc) is 3.69. The minimum absolute atomic E-state index is 0.00327. The van der Waals surface area contributed by atoms with Crippen molar-refractivity contribution in [2.45, 2.75) is 37.1 Å². The molecule has 5 nitrogen and oxygen atoms in total. The molecule has 3 aliphatic carbocycles. The van der Waals surface area contributed by atoms with E-state index < -0.39 is 0 Å². The van der Waals surface area contributed by atoms with E-state index in [0.29, 0.717) is 16.7 Å². The smallest absolute Gasteiger partial charge is 0.101 e. The molecule has 3 unspecified atom stereocenters. The number of rotatable bonds is 4. The maximum Gasteiger partial charge on any atom is 0.101 e. The predicted octanol–water partition coefficient (Wildman–Crippen LogP) is 10.1. The van der Waals surface area contributed by atoms with Crippen molar-refractivity contribution < 1.29 is 0 Å². The maximum atomic E-state index is 10.6. The Morgan fingerprint density at radius 1 is 0.760 bits per heavy atom. The summed E-state index contributed by atoms with van der Waals surface area (Å²) >= 11 is 0. The van der Waals surface area contributed by atoms with E-state index in [9.17, 15) is 15.8 Å². The van der Waals surface area contributed by atoms with Crippen LogP contribution < -0.4 is 4.90 Å². The molecule has 0 radical (unpaired) electrons. The lowest BCUT2D eigenvalue weighted by Crippen LogP contribution is -2.30. The van der Waals surface area contributed by atoms with Crippen LogP contribution in [-0.2, 0) is 6.42 Å². The standard InChI is InChI=1S/C45H31N5/c46-26-29-18-21-44-39(23-29)37-13-5-8-16-43(37)49(44)40-22-19-31(25-32(40)28-48)33-9-1-2-10-34(33)35-11-3-6-14-41(35)50-42-15-7-4-12-36(42)38-20-17-30(27-47)24-45(38)50/h1-4,6-8,10-12,14-25,33,38,45H,5,9,13H2. The van der Waals surface area contributed by atoms with Gasteiger partial charge in [0.05, 0.1) is 40.5 Å². The summed E-state index contributed by atoms with van der Waals surface area (Å²) in [6.45, 7) is 0. The fourth-order valence-corrected chi connectivity index (χ4v) is 8.47. The van der Waals surface area contributed by atoms with Crippen LogP contribution in [0.3, 0.4) is 0 Å². The van der Waals surface area contributed by atoms with Gasteiger partial charge in [-0.05, 0) is 102 Å². The summed E-state index contributed by atoms with van der Waals surface area (Å²) in [5.41, 5.74) is 13.1. The lowest BCUT2D eigenvalue weighted by molar-refractivity contribution is 0.740. The second-order valence-corrected chi connectivity index (χ2v) is 13.3. The zero-order chi connectivity index (χ0) is 33.8. The molecule has 1 aromatic heterocycles. The molecule has 0 saturated heterocycles. The first-order valence-corrected chi connectivity index (χ1v) is 17.1. The number of benzene rings is 4. The number of aryl methyl sites for hydroxylation is 1. The van der Waals surface area contributed by atoms with Crippen molar-refractivity contribution >= 4 is 33.9 Å². The molecule has 0 fully saturated rings. The molecular formula is C45H31N5. The summed E-state index contributed by atoms with van der Waals surface area (Å²) in [7, 11) is 0. The summed E-state index contributed by atoms with van der Waals surface area (Å²) in [6, 6.07) is 36.5. The molecule has 4 aliphatic rings. The molecule has 5 heteroatoms. The van der Waals surface area contributed by atoms with Crippen LogP contribution >= 0.6 is 0 Å². The van der Waals surface area contributed by atoms with Gasteiger partial charge in [-0.3, -0.25) is 0 Å². The van der Waals surface area contributed by atoms with E-state index in [0.717, 1.165) is 64.0 Å². The SMILES string of the molecule is N#CC1=CC2C(C=C1)c1ccccc1N2c1ccccc1C1=CC=CCC1c1ccc(-n2c3c(c4cc(C#N)ccc42)CCC=C3)c(C#N)c1. The fourth-order valence-electron chi connectivity index (χ4n) is 8.47. The third-order valence-electron chi connectivity index (χ3n) is 10.7. The molecule has 236 valence electrons. The molecule has 0 saturated carbocycles. The van der Waals surface area contributed by atoms with E-state index in [2.05, 4.69) is 137 Å². The molecule has 0 spiro atoms. The summed E-state index contributed by atoms with van der Waals surface area (Å²) < 4.78 is 2.19. The average molecular weight is 642 g/mol. The second-order valence-electron chi connectivity index (χ2n) is 13.3. The Hall–Kier alpha value is -6.61. The van der Waals surface area contributed by atoms with Crippen molar-refractivity contribution in [3.05, 3.63) is 172 Å². The normalized spacial score (nSPS) is 19.9. The highest BCUT2D eigenvalue weighted by molar-refractivity contribution is 5.92. The van der Waals surface area contributed by atoms with Crippen LogP contribution in [-0.4, -0.2) is 10.6 Å². The summed E-state index contributed by atoms with van der Waals surface area (Å²) in [5.74, 6) is 0.204. The van der Waals surface area contributed by atoms with Gasteiger partial charge in [0, 0.05) is 45.4 Å². The molecule has 2 heterocycles. The quantitative estimate of drug-likeness (QED) is 0.196. The van der Waals surface area contributed by atoms with Gasteiger partial charge in [0.2, 0.25) is 0 Å². The van der Waals surface area contributed by atoms with Gasteiger partial charge in [-0.1, -0.05) is 72.8 Å². The van der Waals surface area contributed by atoms with Crippen molar-refractivity contribution in [1.29, 1.82) is 15.8 Å². The molecule has 4 aromatic carbocycles. The highest BCUT2D eigenvalue weighted by atomic mass is 15.2. The van der Waals surface area contributed by atoms with Crippen molar-refractivity contribution in [3.63, 3.8) is 0 Å². The van der Waals surface area contributed by atoms with E-state index >= 15 is 0 Å². The summed E-state index contributed by atoms with van der Waals surface area (Å²) in [6.07, 6.45) is 19.8. The molecule has 0 amide bonds. The van der Waals surface area contributed by atoms with Gasteiger partial charge in [0.25, 0.3) is 0 Å². The van der Waals surface area contributed by atoms with Crippen LogP contribution in [0.4, 0.5) is 11.4 Å². The molecule has 3 atom stereocenters. The van der Waals surface area contributed by atoms with E-state index in [1.807, 2.05) is 24.3 Å². The summed E-state index contributed by atoms with van der Waals surface area (Å²) in [5, 5.41) is 31.1. The van der Waals surface area contributed by atoms with E-state index in [-0.39, 0.29) is 17.9 Å². The number of hydrogen-bond donors (Lipinski definition) is 0. The van der Waals surface area contributed by atoms with Gasteiger partial charge in [-0.15, -0.1) is 0 Å². The van der Waals surface area contributed by atoms with Crippen LogP contribution in [0.25, 0.3) is 28.2 Å². The zero-order valence-electron chi connectivity index (χ0n) is 27.3. The number of aromatic nitrogens is 1. The van der Waals surface area contributed by atoms with Crippen LogP contribution in [0, 0.1) is 34.0 Å². The number of hydrogen-bond acceptors (Lipinski definition) is 4. The predicted molar refractivity (Wildman–Crippen MR) is 199 cm³/mol. The fraction of sp³-hybridized carbons (Fsp3) is 0.133. The molecule has 1 aliphatic heterocycles. The van der Waals surface area contributed by atoms with E-state index in [1.54, 1.807) is 0 Å². The number of para-hydroxylation sites is 2. The Morgan fingerprint density at radius 2 is 1.62 bits per heavy atom. The lowest BCUT2D eigenvalue weighted by Gasteiger charge is -2.33. The first-order chi connectivity index (χ1) is 24.7. The van der Waals surface area contributed by atoms with Crippen molar-refractivity contribution in [2.75, 3.05) is 4.90 Å². The molecule has 0 N–H and O–H groups in total. The first-order valence-electron chi connectivity index (χ1n) is 17.1. The van der Waals surface area contributed by atoms with E-state index in [1.165, 1.54) is 16.7 Å². The third-order valence-corrected chi connectivity index (χ3v) is 10.7. The first kappa shape index (κ1) is 29.5. The Labute approximate surface area is 291 Å². The topological polar surface area (TPSA) is 79.5 Å². The number of nitrogens with zero attached hydrogens (tertiary/aromatic N) is 5. The van der Waals surface area contributed by atoms with E-state index in [4.69, 9.17) is 0 Å². The molecule has 9 rings (SSSR count). The number of allylic oxidation sites excluding steroid dienone is 7. The Balaban J connectivity index is 1.15. The minimum Gasteiger partial charge on any atom is -0.333 e. The van der Waals surface area contributed by atoms with Gasteiger partial charge in [-0.25, -0.2) is 0 Å². The van der Waals surface area contributed by atoms with Gasteiger partial charge in [-0.2, -0.15) is 15.8 Å². The Bertz CT molecular complexity index is 2530.